The van der Waals surface area contributed by atoms with Crippen molar-refractivity contribution in [1.82, 2.24) is 5.32 Å². The van der Waals surface area contributed by atoms with Gasteiger partial charge < -0.3 is 14.8 Å². The van der Waals surface area contributed by atoms with Crippen LogP contribution >= 0.6 is 0 Å². The molecule has 0 saturated heterocycles. The Bertz CT molecular complexity index is 422. The molecule has 0 saturated carbocycles. The van der Waals surface area contributed by atoms with Crippen LogP contribution in [0, 0.1) is 0 Å². The molecule has 120 valence electrons. The van der Waals surface area contributed by atoms with Crippen LogP contribution in [0.3, 0.4) is 0 Å². The maximum atomic E-state index is 12.3. The molecule has 0 amide bonds. The number of para-hydroxylation sites is 1. The van der Waals surface area contributed by atoms with E-state index in [4.69, 9.17) is 9.47 Å². The standard InChI is InChI=1S/C15H22F3NO2/c1-11(2)19-10-13-6-4-5-7-14(13)21-9-8-20-12(3)15(16,17)18/h4-7,11-12,19H,8-10H2,1-3H3. The van der Waals surface area contributed by atoms with Crippen molar-refractivity contribution in [3.05, 3.63) is 29.8 Å². The average molecular weight is 305 g/mol. The van der Waals surface area contributed by atoms with E-state index in [9.17, 15) is 13.2 Å². The molecule has 0 aliphatic rings. The fraction of sp³-hybridized carbons (Fsp3) is 0.600. The summed E-state index contributed by atoms with van der Waals surface area (Å²) in [6.07, 6.45) is -6.11. The average Bonchev–Trinajstić information content (AvgIpc) is 2.41. The number of benzene rings is 1. The minimum atomic E-state index is -4.33. The van der Waals surface area contributed by atoms with Crippen molar-refractivity contribution in [3.63, 3.8) is 0 Å². The van der Waals surface area contributed by atoms with Gasteiger partial charge in [0.05, 0.1) is 6.61 Å². The van der Waals surface area contributed by atoms with Gasteiger partial charge in [0.1, 0.15) is 12.4 Å². The Morgan fingerprint density at radius 1 is 1.10 bits per heavy atom. The molecule has 1 N–H and O–H groups in total. The smallest absolute Gasteiger partial charge is 0.414 e. The van der Waals surface area contributed by atoms with Gasteiger partial charge >= 0.3 is 6.18 Å². The van der Waals surface area contributed by atoms with Crippen molar-refractivity contribution in [2.45, 2.75) is 45.6 Å². The summed E-state index contributed by atoms with van der Waals surface area (Å²) in [5, 5.41) is 3.27. The molecule has 0 radical (unpaired) electrons. The molecule has 0 bridgehead atoms. The molecule has 1 unspecified atom stereocenters. The molecule has 1 rings (SSSR count). The van der Waals surface area contributed by atoms with Crippen LogP contribution in [0.1, 0.15) is 26.3 Å². The van der Waals surface area contributed by atoms with Gasteiger partial charge in [0.2, 0.25) is 0 Å². The SMILES string of the molecule is CC(C)NCc1ccccc1OCCOC(C)C(F)(F)F. The van der Waals surface area contributed by atoms with Crippen LogP contribution in [0.5, 0.6) is 5.75 Å². The molecule has 1 aromatic carbocycles. The van der Waals surface area contributed by atoms with Gasteiger partial charge in [0, 0.05) is 18.2 Å². The van der Waals surface area contributed by atoms with E-state index in [1.165, 1.54) is 0 Å². The monoisotopic (exact) mass is 305 g/mol. The van der Waals surface area contributed by atoms with Gasteiger partial charge in [0.15, 0.2) is 6.10 Å². The van der Waals surface area contributed by atoms with Crippen LogP contribution in [-0.2, 0) is 11.3 Å². The first-order valence-corrected chi connectivity index (χ1v) is 6.93. The molecule has 0 aliphatic heterocycles. The summed E-state index contributed by atoms with van der Waals surface area (Å²) >= 11 is 0. The second-order valence-electron chi connectivity index (χ2n) is 5.05. The fourth-order valence-electron chi connectivity index (χ4n) is 1.58. The van der Waals surface area contributed by atoms with E-state index in [0.29, 0.717) is 18.3 Å². The Morgan fingerprint density at radius 3 is 2.38 bits per heavy atom. The zero-order valence-corrected chi connectivity index (χ0v) is 12.5. The first-order chi connectivity index (χ1) is 9.80. The van der Waals surface area contributed by atoms with Gasteiger partial charge in [-0.1, -0.05) is 32.0 Å². The van der Waals surface area contributed by atoms with Gasteiger partial charge in [-0.05, 0) is 13.0 Å². The van der Waals surface area contributed by atoms with Crippen molar-refractivity contribution in [2.24, 2.45) is 0 Å². The quantitative estimate of drug-likeness (QED) is 0.745. The zero-order valence-electron chi connectivity index (χ0n) is 12.5. The molecule has 0 heterocycles. The molecule has 1 atom stereocenters. The molecule has 3 nitrogen and oxygen atoms in total. The predicted octanol–water partition coefficient (Wildman–Crippen LogP) is 3.53. The largest absolute Gasteiger partial charge is 0.491 e. The van der Waals surface area contributed by atoms with E-state index in [1.54, 1.807) is 6.07 Å². The highest BCUT2D eigenvalue weighted by Gasteiger charge is 2.36. The van der Waals surface area contributed by atoms with E-state index < -0.39 is 12.3 Å². The van der Waals surface area contributed by atoms with E-state index in [-0.39, 0.29) is 13.2 Å². The molecule has 0 fully saturated rings. The summed E-state index contributed by atoms with van der Waals surface area (Å²) in [5.41, 5.74) is 0.968. The summed E-state index contributed by atoms with van der Waals surface area (Å²) in [6, 6.07) is 7.78. The number of hydrogen-bond donors (Lipinski definition) is 1. The Balaban J connectivity index is 2.41. The highest BCUT2D eigenvalue weighted by atomic mass is 19.4. The van der Waals surface area contributed by atoms with E-state index >= 15 is 0 Å². The van der Waals surface area contributed by atoms with Gasteiger partial charge in [0.25, 0.3) is 0 Å². The lowest BCUT2D eigenvalue weighted by Crippen LogP contribution is -2.30. The topological polar surface area (TPSA) is 30.5 Å². The lowest BCUT2D eigenvalue weighted by Gasteiger charge is -2.17. The lowest BCUT2D eigenvalue weighted by molar-refractivity contribution is -0.215. The summed E-state index contributed by atoms with van der Waals surface area (Å²) in [6.45, 7) is 5.69. The van der Waals surface area contributed by atoms with Crippen LogP contribution in [0.15, 0.2) is 24.3 Å². The van der Waals surface area contributed by atoms with Crippen molar-refractivity contribution < 1.29 is 22.6 Å². The number of alkyl halides is 3. The van der Waals surface area contributed by atoms with Crippen LogP contribution < -0.4 is 10.1 Å². The zero-order chi connectivity index (χ0) is 15.9. The third kappa shape index (κ3) is 6.82. The molecule has 21 heavy (non-hydrogen) atoms. The van der Waals surface area contributed by atoms with Crippen LogP contribution in [0.25, 0.3) is 0 Å². The fourth-order valence-corrected chi connectivity index (χ4v) is 1.58. The normalized spacial score (nSPS) is 13.5. The van der Waals surface area contributed by atoms with Crippen molar-refractivity contribution in [1.29, 1.82) is 0 Å². The lowest BCUT2D eigenvalue weighted by atomic mass is 10.2. The van der Waals surface area contributed by atoms with Crippen molar-refractivity contribution >= 4 is 0 Å². The molecule has 6 heteroatoms. The van der Waals surface area contributed by atoms with Gasteiger partial charge in [-0.2, -0.15) is 13.2 Å². The number of rotatable bonds is 8. The van der Waals surface area contributed by atoms with E-state index in [1.807, 2.05) is 32.0 Å². The molecular weight excluding hydrogens is 283 g/mol. The third-order valence-electron chi connectivity index (χ3n) is 2.84. The second-order valence-corrected chi connectivity index (χ2v) is 5.05. The highest BCUT2D eigenvalue weighted by molar-refractivity contribution is 5.33. The summed E-state index contributed by atoms with van der Waals surface area (Å²) in [5.74, 6) is 0.661. The Kier molecular flexibility index (Phi) is 6.98. The number of ether oxygens (including phenoxy) is 2. The first kappa shape index (κ1) is 17.8. The molecular formula is C15H22F3NO2. The van der Waals surface area contributed by atoms with Gasteiger partial charge in [-0.3, -0.25) is 0 Å². The summed E-state index contributed by atoms with van der Waals surface area (Å²) in [7, 11) is 0. The third-order valence-corrected chi connectivity index (χ3v) is 2.84. The van der Waals surface area contributed by atoms with Crippen LogP contribution in [0.4, 0.5) is 13.2 Å². The number of hydrogen-bond acceptors (Lipinski definition) is 3. The first-order valence-electron chi connectivity index (χ1n) is 6.93. The minimum Gasteiger partial charge on any atom is -0.491 e. The highest BCUT2D eigenvalue weighted by Crippen LogP contribution is 2.22. The van der Waals surface area contributed by atoms with E-state index in [0.717, 1.165) is 12.5 Å². The molecule has 0 aromatic heterocycles. The second kappa shape index (κ2) is 8.24. The van der Waals surface area contributed by atoms with Crippen LogP contribution in [-0.4, -0.2) is 31.5 Å². The predicted molar refractivity (Wildman–Crippen MR) is 75.4 cm³/mol. The van der Waals surface area contributed by atoms with Gasteiger partial charge in [-0.25, -0.2) is 0 Å². The summed E-state index contributed by atoms with van der Waals surface area (Å²) in [4.78, 5) is 0. The minimum absolute atomic E-state index is 0.0825. The Hall–Kier alpha value is -1.27. The van der Waals surface area contributed by atoms with Crippen molar-refractivity contribution in [2.75, 3.05) is 13.2 Å². The van der Waals surface area contributed by atoms with Crippen molar-refractivity contribution in [3.8, 4) is 5.75 Å². The Labute approximate surface area is 123 Å². The molecule has 1 aromatic rings. The van der Waals surface area contributed by atoms with Gasteiger partial charge in [-0.15, -0.1) is 0 Å². The number of halogens is 3. The maximum absolute atomic E-state index is 12.3. The Morgan fingerprint density at radius 2 is 1.76 bits per heavy atom. The summed E-state index contributed by atoms with van der Waals surface area (Å²) < 4.78 is 47.0. The van der Waals surface area contributed by atoms with E-state index in [2.05, 4.69) is 5.32 Å². The number of nitrogens with one attached hydrogen (secondary N) is 1. The maximum Gasteiger partial charge on any atom is 0.414 e. The van der Waals surface area contributed by atoms with Crippen LogP contribution in [0.2, 0.25) is 0 Å². The molecule has 0 spiro atoms. The molecule has 0 aliphatic carbocycles.